The van der Waals surface area contributed by atoms with Crippen LogP contribution in [0.2, 0.25) is 0 Å². The molecular weight excluding hydrogens is 510 g/mol. The number of rotatable bonds is 3. The normalized spacial score (nSPS) is 14.0. The van der Waals surface area contributed by atoms with E-state index < -0.39 is 5.60 Å². The Morgan fingerprint density at radius 3 is 1.69 bits per heavy atom. The quantitative estimate of drug-likeness (QED) is 0.217. The molecule has 0 saturated heterocycles. The first kappa shape index (κ1) is 25.1. The molecule has 0 bridgehead atoms. The SMILES string of the molecule is CC(C)(O)c1cc2ccccc2cc1Nc1ccc2c(c1)C(C)(C)c1cc3c4ccccc4c4ccccc4c3cc1-2. The average Bonchev–Trinajstić information content (AvgIpc) is 3.21. The summed E-state index contributed by atoms with van der Waals surface area (Å²) in [6.07, 6.45) is 0. The van der Waals surface area contributed by atoms with Crippen LogP contribution in [0.25, 0.3) is 54.2 Å². The molecule has 0 unspecified atom stereocenters. The van der Waals surface area contributed by atoms with E-state index in [1.54, 1.807) is 0 Å². The van der Waals surface area contributed by atoms with Crippen molar-refractivity contribution in [1.82, 2.24) is 0 Å². The Labute approximate surface area is 246 Å². The molecule has 1 aliphatic carbocycles. The van der Waals surface area contributed by atoms with Gasteiger partial charge in [0.1, 0.15) is 0 Å². The van der Waals surface area contributed by atoms with Crippen LogP contribution in [0.15, 0.2) is 115 Å². The Morgan fingerprint density at radius 1 is 0.548 bits per heavy atom. The lowest BCUT2D eigenvalue weighted by Gasteiger charge is -2.25. The third-order valence-corrected chi connectivity index (χ3v) is 9.36. The number of aliphatic hydroxyl groups is 1. The van der Waals surface area contributed by atoms with Crippen molar-refractivity contribution in [3.8, 4) is 11.1 Å². The van der Waals surface area contributed by atoms with Crippen molar-refractivity contribution in [2.24, 2.45) is 0 Å². The molecule has 0 radical (unpaired) electrons. The van der Waals surface area contributed by atoms with Gasteiger partial charge in [0.05, 0.1) is 5.60 Å². The Bertz CT molecular complexity index is 2230. The Kier molecular flexibility index (Phi) is 5.18. The fourth-order valence-electron chi connectivity index (χ4n) is 7.22. The van der Waals surface area contributed by atoms with E-state index in [4.69, 9.17) is 0 Å². The minimum absolute atomic E-state index is 0.161. The zero-order valence-electron chi connectivity index (χ0n) is 24.4. The lowest BCUT2D eigenvalue weighted by atomic mass is 9.81. The molecule has 0 amide bonds. The highest BCUT2D eigenvalue weighted by Gasteiger charge is 2.36. The van der Waals surface area contributed by atoms with Gasteiger partial charge in [-0.25, -0.2) is 0 Å². The molecular formula is C40H33NO. The first-order chi connectivity index (χ1) is 20.2. The topological polar surface area (TPSA) is 32.3 Å². The Hall–Kier alpha value is -4.66. The van der Waals surface area contributed by atoms with Crippen LogP contribution in [0, 0.1) is 0 Å². The summed E-state index contributed by atoms with van der Waals surface area (Å²) >= 11 is 0. The first-order valence-corrected chi connectivity index (χ1v) is 14.8. The Morgan fingerprint density at radius 2 is 1.07 bits per heavy atom. The highest BCUT2D eigenvalue weighted by Crippen LogP contribution is 2.52. The van der Waals surface area contributed by atoms with Crippen molar-refractivity contribution in [1.29, 1.82) is 0 Å². The molecule has 2 nitrogen and oxygen atoms in total. The fourth-order valence-corrected chi connectivity index (χ4v) is 7.22. The van der Waals surface area contributed by atoms with Gasteiger partial charge in [0.2, 0.25) is 0 Å². The van der Waals surface area contributed by atoms with Gasteiger partial charge >= 0.3 is 0 Å². The molecule has 0 aromatic heterocycles. The summed E-state index contributed by atoms with van der Waals surface area (Å²) in [6, 6.07) is 41.8. The largest absolute Gasteiger partial charge is 0.386 e. The molecule has 0 heterocycles. The fraction of sp³-hybridized carbons (Fsp3) is 0.150. The van der Waals surface area contributed by atoms with Crippen LogP contribution in [0.3, 0.4) is 0 Å². The van der Waals surface area contributed by atoms with E-state index in [1.165, 1.54) is 54.6 Å². The lowest BCUT2D eigenvalue weighted by molar-refractivity contribution is 0.0795. The molecule has 42 heavy (non-hydrogen) atoms. The highest BCUT2D eigenvalue weighted by molar-refractivity contribution is 6.26. The van der Waals surface area contributed by atoms with Gasteiger partial charge in [0.25, 0.3) is 0 Å². The summed E-state index contributed by atoms with van der Waals surface area (Å²) < 4.78 is 0. The molecule has 1 aliphatic rings. The molecule has 0 fully saturated rings. The number of nitrogens with one attached hydrogen (secondary N) is 1. The zero-order valence-corrected chi connectivity index (χ0v) is 24.4. The van der Waals surface area contributed by atoms with Crippen molar-refractivity contribution in [2.75, 3.05) is 5.32 Å². The molecule has 2 heteroatoms. The van der Waals surface area contributed by atoms with E-state index in [9.17, 15) is 5.11 Å². The lowest BCUT2D eigenvalue weighted by Crippen LogP contribution is -2.18. The molecule has 8 rings (SSSR count). The minimum atomic E-state index is -0.982. The van der Waals surface area contributed by atoms with Crippen LogP contribution in [0.1, 0.15) is 44.4 Å². The average molecular weight is 544 g/mol. The minimum Gasteiger partial charge on any atom is -0.386 e. The monoisotopic (exact) mass is 543 g/mol. The molecule has 0 spiro atoms. The van der Waals surface area contributed by atoms with Crippen molar-refractivity contribution < 1.29 is 5.11 Å². The number of hydrogen-bond acceptors (Lipinski definition) is 2. The number of benzene rings is 7. The second-order valence-electron chi connectivity index (χ2n) is 12.8. The van der Waals surface area contributed by atoms with Gasteiger partial charge in [0, 0.05) is 22.4 Å². The summed E-state index contributed by atoms with van der Waals surface area (Å²) in [4.78, 5) is 0. The summed E-state index contributed by atoms with van der Waals surface area (Å²) in [7, 11) is 0. The van der Waals surface area contributed by atoms with E-state index in [1.807, 2.05) is 19.9 Å². The van der Waals surface area contributed by atoms with Crippen molar-refractivity contribution >= 4 is 54.5 Å². The van der Waals surface area contributed by atoms with Gasteiger partial charge in [-0.05, 0) is 116 Å². The third kappa shape index (κ3) is 3.62. The van der Waals surface area contributed by atoms with Crippen molar-refractivity contribution in [2.45, 2.75) is 38.7 Å². The summed E-state index contributed by atoms with van der Waals surface area (Å²) in [5, 5.41) is 24.9. The molecule has 0 atom stereocenters. The standard InChI is InChI=1S/C40H33NO/c1-39(2)35-21-26(41-38-20-25-12-6-5-11-24(25)19-37(38)40(3,4)42)17-18-31(35)34-22-32-29-15-9-7-13-27(29)28-14-8-10-16-30(28)33(32)23-36(34)39/h5-23,41-42H,1-4H3. The van der Waals surface area contributed by atoms with Crippen molar-refractivity contribution in [3.05, 3.63) is 132 Å². The van der Waals surface area contributed by atoms with Gasteiger partial charge in [0.15, 0.2) is 0 Å². The predicted octanol–water partition coefficient (Wildman–Crippen LogP) is 10.6. The van der Waals surface area contributed by atoms with Crippen LogP contribution in [-0.2, 0) is 11.0 Å². The molecule has 0 saturated carbocycles. The van der Waals surface area contributed by atoms with Crippen LogP contribution >= 0.6 is 0 Å². The van der Waals surface area contributed by atoms with Gasteiger partial charge in [-0.2, -0.15) is 0 Å². The van der Waals surface area contributed by atoms with Gasteiger partial charge in [-0.15, -0.1) is 0 Å². The summed E-state index contributed by atoms with van der Waals surface area (Å²) in [6.45, 7) is 8.38. The molecule has 0 aliphatic heterocycles. The molecule has 7 aromatic carbocycles. The van der Waals surface area contributed by atoms with Gasteiger partial charge in [-0.1, -0.05) is 92.7 Å². The van der Waals surface area contributed by atoms with Crippen LogP contribution in [0.4, 0.5) is 11.4 Å². The maximum absolute atomic E-state index is 11.1. The Balaban J connectivity index is 1.30. The van der Waals surface area contributed by atoms with E-state index in [2.05, 4.69) is 128 Å². The van der Waals surface area contributed by atoms with E-state index in [0.717, 1.165) is 27.7 Å². The number of anilines is 2. The van der Waals surface area contributed by atoms with Gasteiger partial charge in [-0.3, -0.25) is 0 Å². The molecule has 7 aromatic rings. The van der Waals surface area contributed by atoms with Gasteiger partial charge < -0.3 is 10.4 Å². The van der Waals surface area contributed by atoms with E-state index in [0.29, 0.717) is 0 Å². The molecule has 204 valence electrons. The predicted molar refractivity (Wildman–Crippen MR) is 179 cm³/mol. The maximum atomic E-state index is 11.1. The second-order valence-corrected chi connectivity index (χ2v) is 12.8. The van der Waals surface area contributed by atoms with E-state index >= 15 is 0 Å². The third-order valence-electron chi connectivity index (χ3n) is 9.36. The zero-order chi connectivity index (χ0) is 28.8. The van der Waals surface area contributed by atoms with E-state index in [-0.39, 0.29) is 5.41 Å². The smallest absolute Gasteiger partial charge is 0.0860 e. The highest BCUT2D eigenvalue weighted by atomic mass is 16.3. The van der Waals surface area contributed by atoms with Crippen LogP contribution < -0.4 is 5.32 Å². The van der Waals surface area contributed by atoms with Crippen LogP contribution in [0.5, 0.6) is 0 Å². The second kappa shape index (κ2) is 8.67. The van der Waals surface area contributed by atoms with Crippen molar-refractivity contribution in [3.63, 3.8) is 0 Å². The number of hydrogen-bond donors (Lipinski definition) is 2. The summed E-state index contributed by atoms with van der Waals surface area (Å²) in [5.41, 5.74) is 6.99. The maximum Gasteiger partial charge on any atom is 0.0860 e. The van der Waals surface area contributed by atoms with Crippen LogP contribution in [-0.4, -0.2) is 5.11 Å². The molecule has 2 N–H and O–H groups in total. The summed E-state index contributed by atoms with van der Waals surface area (Å²) in [5.74, 6) is 0. The first-order valence-electron chi connectivity index (χ1n) is 14.8. The number of fused-ring (bicyclic) bond motifs is 10.